The van der Waals surface area contributed by atoms with E-state index < -0.39 is 30.0 Å². The maximum absolute atomic E-state index is 13.6. The van der Waals surface area contributed by atoms with E-state index in [1.165, 1.54) is 34.3 Å². The van der Waals surface area contributed by atoms with Crippen LogP contribution in [0.3, 0.4) is 0 Å². The first-order valence-corrected chi connectivity index (χ1v) is 12.1. The number of amides is 2. The lowest BCUT2D eigenvalue weighted by atomic mass is 9.87. The van der Waals surface area contributed by atoms with Crippen molar-refractivity contribution < 1.29 is 32.2 Å². The van der Waals surface area contributed by atoms with Gasteiger partial charge in [-0.15, -0.1) is 11.3 Å². The molecule has 10 heteroatoms. The van der Waals surface area contributed by atoms with Crippen LogP contribution in [0, 0.1) is 5.92 Å². The third kappa shape index (κ3) is 5.01. The lowest BCUT2D eigenvalue weighted by Gasteiger charge is -2.44. The third-order valence-electron chi connectivity index (χ3n) is 6.16. The first-order valence-electron chi connectivity index (χ1n) is 11.2. The quantitative estimate of drug-likeness (QED) is 0.467. The van der Waals surface area contributed by atoms with E-state index in [1.54, 1.807) is 13.8 Å². The third-order valence-corrected chi connectivity index (χ3v) is 7.02. The van der Waals surface area contributed by atoms with E-state index in [2.05, 4.69) is 0 Å². The summed E-state index contributed by atoms with van der Waals surface area (Å²) in [6, 6.07) is 6.06. The SMILES string of the molecule is COC(=O)N(Cc1cccs1)[C@H]1C[C@@H](C2CC2)N(C(=O)OC(C)C)c2ccc(C(F)(F)F)cc21. The van der Waals surface area contributed by atoms with Crippen LogP contribution in [0.2, 0.25) is 0 Å². The van der Waals surface area contributed by atoms with Crippen LogP contribution in [0.5, 0.6) is 0 Å². The number of rotatable bonds is 5. The molecule has 1 aliphatic heterocycles. The lowest BCUT2D eigenvalue weighted by molar-refractivity contribution is -0.137. The maximum atomic E-state index is 13.6. The molecule has 0 bridgehead atoms. The predicted molar refractivity (Wildman–Crippen MR) is 122 cm³/mol. The molecule has 0 radical (unpaired) electrons. The van der Waals surface area contributed by atoms with Gasteiger partial charge in [-0.25, -0.2) is 9.59 Å². The number of fused-ring (bicyclic) bond motifs is 1. The Kier molecular flexibility index (Phi) is 6.80. The van der Waals surface area contributed by atoms with Gasteiger partial charge in [-0.1, -0.05) is 6.07 Å². The van der Waals surface area contributed by atoms with Crippen LogP contribution < -0.4 is 4.90 Å². The highest BCUT2D eigenvalue weighted by Crippen LogP contribution is 2.50. The number of anilines is 1. The minimum absolute atomic E-state index is 0.193. The molecule has 2 amide bonds. The predicted octanol–water partition coefficient (Wildman–Crippen LogP) is 6.61. The summed E-state index contributed by atoms with van der Waals surface area (Å²) >= 11 is 1.45. The summed E-state index contributed by atoms with van der Waals surface area (Å²) < 4.78 is 51.4. The Labute approximate surface area is 200 Å². The van der Waals surface area contributed by atoms with Crippen LogP contribution in [-0.4, -0.2) is 36.3 Å². The molecule has 1 aliphatic carbocycles. The van der Waals surface area contributed by atoms with E-state index in [0.717, 1.165) is 29.9 Å². The van der Waals surface area contributed by atoms with Crippen molar-refractivity contribution in [1.29, 1.82) is 0 Å². The smallest absolute Gasteiger partial charge is 0.416 e. The molecule has 2 aliphatic rings. The second-order valence-electron chi connectivity index (χ2n) is 8.91. The van der Waals surface area contributed by atoms with Gasteiger partial charge in [-0.3, -0.25) is 9.80 Å². The Hall–Kier alpha value is -2.75. The minimum Gasteiger partial charge on any atom is -0.453 e. The second-order valence-corrected chi connectivity index (χ2v) is 9.94. The summed E-state index contributed by atoms with van der Waals surface area (Å²) in [5.74, 6) is 0.193. The van der Waals surface area contributed by atoms with E-state index in [4.69, 9.17) is 9.47 Å². The fraction of sp³-hybridized carbons (Fsp3) is 0.500. The van der Waals surface area contributed by atoms with Crippen molar-refractivity contribution in [2.75, 3.05) is 12.0 Å². The van der Waals surface area contributed by atoms with E-state index in [9.17, 15) is 22.8 Å². The number of nitrogens with zero attached hydrogens (tertiary/aromatic N) is 2. The monoisotopic (exact) mass is 496 g/mol. The highest BCUT2D eigenvalue weighted by molar-refractivity contribution is 7.09. The number of hydrogen-bond donors (Lipinski definition) is 0. The number of carbonyl (C=O) groups excluding carboxylic acids is 2. The van der Waals surface area contributed by atoms with Crippen molar-refractivity contribution in [3.63, 3.8) is 0 Å². The highest BCUT2D eigenvalue weighted by atomic mass is 32.1. The van der Waals surface area contributed by atoms with Crippen LogP contribution in [0.25, 0.3) is 0 Å². The van der Waals surface area contributed by atoms with E-state index in [0.29, 0.717) is 12.1 Å². The van der Waals surface area contributed by atoms with Crippen LogP contribution in [-0.2, 0) is 22.2 Å². The summed E-state index contributed by atoms with van der Waals surface area (Å²) in [6.07, 6.45) is -4.06. The summed E-state index contributed by atoms with van der Waals surface area (Å²) in [7, 11) is 1.25. The van der Waals surface area contributed by atoms with Crippen LogP contribution >= 0.6 is 11.3 Å². The highest BCUT2D eigenvalue weighted by Gasteiger charge is 2.47. The van der Waals surface area contributed by atoms with Gasteiger partial charge in [0.15, 0.2) is 0 Å². The summed E-state index contributed by atoms with van der Waals surface area (Å²) in [5.41, 5.74) is -0.236. The standard InChI is InChI=1S/C24H27F3N2O4S/c1-14(2)33-23(31)29-19-9-8-16(24(25,26)27)11-18(19)21(12-20(29)15-6-7-15)28(22(30)32-3)13-17-5-4-10-34-17/h4-5,8-11,14-15,20-21H,6-7,12-13H2,1-3H3/t20-,21-/m0/s1. The first-order chi connectivity index (χ1) is 16.1. The van der Waals surface area contributed by atoms with Gasteiger partial charge in [0.05, 0.1) is 37.1 Å². The molecule has 1 aromatic heterocycles. The van der Waals surface area contributed by atoms with Crippen molar-refractivity contribution in [3.8, 4) is 0 Å². The summed E-state index contributed by atoms with van der Waals surface area (Å²) in [6.45, 7) is 3.65. The van der Waals surface area contributed by atoms with Crippen LogP contribution in [0.15, 0.2) is 35.7 Å². The Morgan fingerprint density at radius 2 is 1.97 bits per heavy atom. The zero-order valence-corrected chi connectivity index (χ0v) is 20.0. The van der Waals surface area contributed by atoms with Crippen LogP contribution in [0.1, 0.15) is 55.2 Å². The molecule has 0 spiro atoms. The largest absolute Gasteiger partial charge is 0.453 e. The Morgan fingerprint density at radius 3 is 2.53 bits per heavy atom. The Balaban J connectivity index is 1.84. The van der Waals surface area contributed by atoms with E-state index in [-0.39, 0.29) is 30.2 Å². The normalized spacial score (nSPS) is 20.1. The summed E-state index contributed by atoms with van der Waals surface area (Å²) in [5, 5.41) is 1.87. The number of thiophene rings is 1. The zero-order valence-electron chi connectivity index (χ0n) is 19.2. The molecule has 1 fully saturated rings. The molecule has 184 valence electrons. The van der Waals surface area contributed by atoms with Crippen molar-refractivity contribution in [2.45, 2.75) is 64.0 Å². The molecule has 0 N–H and O–H groups in total. The molecule has 0 saturated heterocycles. The number of benzene rings is 1. The van der Waals surface area contributed by atoms with Gasteiger partial charge in [0, 0.05) is 10.9 Å². The number of alkyl halides is 3. The number of methoxy groups -OCH3 is 1. The molecule has 4 rings (SSSR count). The minimum atomic E-state index is -4.57. The van der Waals surface area contributed by atoms with Gasteiger partial charge >= 0.3 is 18.4 Å². The molecular weight excluding hydrogens is 469 g/mol. The summed E-state index contributed by atoms with van der Waals surface area (Å²) in [4.78, 5) is 29.8. The number of hydrogen-bond acceptors (Lipinski definition) is 5. The number of carbonyl (C=O) groups is 2. The molecule has 0 unspecified atom stereocenters. The van der Waals surface area contributed by atoms with E-state index >= 15 is 0 Å². The fourth-order valence-corrected chi connectivity index (χ4v) is 5.22. The second kappa shape index (κ2) is 9.48. The van der Waals surface area contributed by atoms with Crippen molar-refractivity contribution >= 4 is 29.2 Å². The van der Waals surface area contributed by atoms with Crippen LogP contribution in [0.4, 0.5) is 28.4 Å². The van der Waals surface area contributed by atoms with Crippen molar-refractivity contribution in [2.24, 2.45) is 5.92 Å². The zero-order chi connectivity index (χ0) is 24.6. The van der Waals surface area contributed by atoms with Gasteiger partial charge in [-0.05, 0) is 74.2 Å². The maximum Gasteiger partial charge on any atom is 0.416 e. The van der Waals surface area contributed by atoms with Gasteiger partial charge in [0.2, 0.25) is 0 Å². The average Bonchev–Trinajstić information content (AvgIpc) is 3.50. The molecule has 1 aromatic carbocycles. The van der Waals surface area contributed by atoms with Crippen molar-refractivity contribution in [1.82, 2.24) is 4.90 Å². The molecule has 2 atom stereocenters. The first kappa shape index (κ1) is 24.4. The lowest BCUT2D eigenvalue weighted by Crippen LogP contribution is -2.50. The Bertz CT molecular complexity index is 1040. The number of ether oxygens (including phenoxy) is 2. The molecule has 34 heavy (non-hydrogen) atoms. The fourth-order valence-electron chi connectivity index (χ4n) is 4.52. The van der Waals surface area contributed by atoms with Gasteiger partial charge in [0.25, 0.3) is 0 Å². The number of halogens is 3. The molecule has 2 aromatic rings. The van der Waals surface area contributed by atoms with Gasteiger partial charge in [-0.2, -0.15) is 13.2 Å². The molecular formula is C24H27F3N2O4S. The topological polar surface area (TPSA) is 59.1 Å². The Morgan fingerprint density at radius 1 is 1.24 bits per heavy atom. The molecule has 2 heterocycles. The van der Waals surface area contributed by atoms with Gasteiger partial charge in [0.1, 0.15) is 0 Å². The van der Waals surface area contributed by atoms with Gasteiger partial charge < -0.3 is 9.47 Å². The molecule has 1 saturated carbocycles. The van der Waals surface area contributed by atoms with E-state index in [1.807, 2.05) is 17.5 Å². The van der Waals surface area contributed by atoms with Crippen molar-refractivity contribution in [3.05, 3.63) is 51.7 Å². The average molecular weight is 497 g/mol. The molecule has 6 nitrogen and oxygen atoms in total.